The molecular formula is C18H16O. The van der Waals surface area contributed by atoms with E-state index in [0.717, 1.165) is 5.75 Å². The summed E-state index contributed by atoms with van der Waals surface area (Å²) in [5, 5.41) is 2.39. The van der Waals surface area contributed by atoms with Gasteiger partial charge in [-0.15, -0.1) is 0 Å². The van der Waals surface area contributed by atoms with Crippen molar-refractivity contribution in [3.63, 3.8) is 0 Å². The van der Waals surface area contributed by atoms with Gasteiger partial charge in [0.2, 0.25) is 0 Å². The number of hydrogen-bond donors (Lipinski definition) is 0. The lowest BCUT2D eigenvalue weighted by molar-refractivity contribution is 0.344. The molecule has 3 aromatic rings. The normalized spacial score (nSPS) is 10.6. The Hall–Kier alpha value is -2.28. The van der Waals surface area contributed by atoms with Crippen molar-refractivity contribution in [2.45, 2.75) is 6.92 Å². The summed E-state index contributed by atoms with van der Waals surface area (Å²) in [6.07, 6.45) is 0. The molecule has 0 aliphatic heterocycles. The summed E-state index contributed by atoms with van der Waals surface area (Å²) in [5.74, 6) is 0.958. The highest BCUT2D eigenvalue weighted by Crippen LogP contribution is 2.32. The smallest absolute Gasteiger partial charge is 0.127 e. The Balaban J connectivity index is 2.22. The lowest BCUT2D eigenvalue weighted by Gasteiger charge is -2.11. The highest BCUT2D eigenvalue weighted by molar-refractivity contribution is 5.92. The van der Waals surface area contributed by atoms with Crippen molar-refractivity contribution in [2.24, 2.45) is 0 Å². The van der Waals surface area contributed by atoms with E-state index in [1.165, 1.54) is 21.9 Å². The second kappa shape index (κ2) is 5.15. The van der Waals surface area contributed by atoms with Gasteiger partial charge in [-0.25, -0.2) is 0 Å². The summed E-state index contributed by atoms with van der Waals surface area (Å²) in [4.78, 5) is 0. The van der Waals surface area contributed by atoms with Crippen molar-refractivity contribution in [2.75, 3.05) is 6.61 Å². The fourth-order valence-electron chi connectivity index (χ4n) is 2.35. The molecule has 0 heterocycles. The van der Waals surface area contributed by atoms with E-state index < -0.39 is 0 Å². The third kappa shape index (κ3) is 2.32. The Labute approximate surface area is 113 Å². The fraction of sp³-hybridized carbons (Fsp3) is 0.111. The summed E-state index contributed by atoms with van der Waals surface area (Å²) in [6, 6.07) is 23.1. The molecule has 0 aliphatic carbocycles. The van der Waals surface area contributed by atoms with Crippen molar-refractivity contribution in [1.29, 1.82) is 0 Å². The summed E-state index contributed by atoms with van der Waals surface area (Å²) in [7, 11) is 0. The van der Waals surface area contributed by atoms with Crippen molar-refractivity contribution < 1.29 is 4.74 Å². The molecule has 0 saturated heterocycles. The Bertz CT molecular complexity index is 686. The Kier molecular flexibility index (Phi) is 3.20. The van der Waals surface area contributed by atoms with Crippen LogP contribution >= 0.6 is 0 Å². The van der Waals surface area contributed by atoms with Crippen molar-refractivity contribution in [3.8, 4) is 16.9 Å². The first-order valence-corrected chi connectivity index (χ1v) is 6.59. The van der Waals surface area contributed by atoms with Crippen LogP contribution in [0.5, 0.6) is 5.75 Å². The van der Waals surface area contributed by atoms with Gasteiger partial charge in [-0.3, -0.25) is 0 Å². The number of ether oxygens (including phenoxy) is 1. The molecule has 0 N–H and O–H groups in total. The van der Waals surface area contributed by atoms with Crippen LogP contribution in [0.2, 0.25) is 0 Å². The molecule has 3 aromatic carbocycles. The number of rotatable bonds is 3. The van der Waals surface area contributed by atoms with Gasteiger partial charge in [-0.05, 0) is 35.6 Å². The molecule has 0 unspecified atom stereocenters. The van der Waals surface area contributed by atoms with Crippen LogP contribution in [0.3, 0.4) is 0 Å². The van der Waals surface area contributed by atoms with Crippen LogP contribution in [0.25, 0.3) is 21.9 Å². The first-order valence-electron chi connectivity index (χ1n) is 6.59. The molecule has 0 atom stereocenters. The summed E-state index contributed by atoms with van der Waals surface area (Å²) < 4.78 is 5.78. The zero-order valence-electron chi connectivity index (χ0n) is 11.0. The standard InChI is InChI=1S/C18H16O/c1-2-19-18-13-16(14-8-4-3-5-9-14)12-15-10-6-7-11-17(15)18/h3-13H,2H2,1H3. The average molecular weight is 248 g/mol. The Morgan fingerprint density at radius 1 is 0.789 bits per heavy atom. The van der Waals surface area contributed by atoms with E-state index in [0.29, 0.717) is 6.61 Å². The van der Waals surface area contributed by atoms with Crippen LogP contribution in [-0.4, -0.2) is 6.61 Å². The van der Waals surface area contributed by atoms with Gasteiger partial charge in [-0.2, -0.15) is 0 Å². The van der Waals surface area contributed by atoms with Crippen LogP contribution in [0.1, 0.15) is 6.92 Å². The molecule has 0 saturated carbocycles. The highest BCUT2D eigenvalue weighted by atomic mass is 16.5. The van der Waals surface area contributed by atoms with E-state index in [4.69, 9.17) is 4.74 Å². The molecule has 0 spiro atoms. The Morgan fingerprint density at radius 2 is 1.53 bits per heavy atom. The second-order valence-electron chi connectivity index (χ2n) is 4.49. The fourth-order valence-corrected chi connectivity index (χ4v) is 2.35. The molecule has 94 valence electrons. The van der Waals surface area contributed by atoms with Gasteiger partial charge in [0.15, 0.2) is 0 Å². The van der Waals surface area contributed by atoms with Crippen molar-refractivity contribution in [1.82, 2.24) is 0 Å². The maximum absolute atomic E-state index is 5.78. The predicted octanol–water partition coefficient (Wildman–Crippen LogP) is 4.91. The third-order valence-corrected chi connectivity index (χ3v) is 3.23. The van der Waals surface area contributed by atoms with Gasteiger partial charge in [0.05, 0.1) is 6.61 Å². The Morgan fingerprint density at radius 3 is 2.32 bits per heavy atom. The van der Waals surface area contributed by atoms with Crippen LogP contribution in [0, 0.1) is 0 Å². The highest BCUT2D eigenvalue weighted by Gasteiger charge is 2.06. The molecule has 19 heavy (non-hydrogen) atoms. The molecule has 0 aromatic heterocycles. The summed E-state index contributed by atoms with van der Waals surface area (Å²) >= 11 is 0. The average Bonchev–Trinajstić information content (AvgIpc) is 2.48. The van der Waals surface area contributed by atoms with Crippen LogP contribution in [-0.2, 0) is 0 Å². The zero-order chi connectivity index (χ0) is 13.1. The first kappa shape index (κ1) is 11.8. The van der Waals surface area contributed by atoms with Gasteiger partial charge >= 0.3 is 0 Å². The molecule has 0 fully saturated rings. The topological polar surface area (TPSA) is 9.23 Å². The molecule has 0 bridgehead atoms. The number of fused-ring (bicyclic) bond motifs is 1. The SMILES string of the molecule is CCOc1cc(-c2ccccc2)cc2ccccc12. The molecule has 0 aliphatic rings. The lowest BCUT2D eigenvalue weighted by Crippen LogP contribution is -1.93. The van der Waals surface area contributed by atoms with Crippen LogP contribution in [0.15, 0.2) is 66.7 Å². The van der Waals surface area contributed by atoms with E-state index >= 15 is 0 Å². The van der Waals surface area contributed by atoms with Gasteiger partial charge in [0.25, 0.3) is 0 Å². The van der Waals surface area contributed by atoms with Crippen LogP contribution < -0.4 is 4.74 Å². The maximum atomic E-state index is 5.78. The number of hydrogen-bond acceptors (Lipinski definition) is 1. The first-order chi connectivity index (χ1) is 9.38. The van der Waals surface area contributed by atoms with E-state index in [1.54, 1.807) is 0 Å². The molecule has 0 radical (unpaired) electrons. The van der Waals surface area contributed by atoms with Gasteiger partial charge in [0.1, 0.15) is 5.75 Å². The number of benzene rings is 3. The van der Waals surface area contributed by atoms with Gasteiger partial charge in [0, 0.05) is 5.39 Å². The molecule has 1 nitrogen and oxygen atoms in total. The summed E-state index contributed by atoms with van der Waals surface area (Å²) in [5.41, 5.74) is 2.41. The molecular weight excluding hydrogens is 232 g/mol. The van der Waals surface area contributed by atoms with Gasteiger partial charge < -0.3 is 4.74 Å². The molecule has 1 heteroatoms. The minimum Gasteiger partial charge on any atom is -0.493 e. The largest absolute Gasteiger partial charge is 0.493 e. The quantitative estimate of drug-likeness (QED) is 0.640. The maximum Gasteiger partial charge on any atom is 0.127 e. The van der Waals surface area contributed by atoms with E-state index in [-0.39, 0.29) is 0 Å². The van der Waals surface area contributed by atoms with E-state index in [1.807, 2.05) is 19.1 Å². The van der Waals surface area contributed by atoms with Gasteiger partial charge in [-0.1, -0.05) is 54.6 Å². The minimum absolute atomic E-state index is 0.683. The molecule has 0 amide bonds. The zero-order valence-corrected chi connectivity index (χ0v) is 11.0. The predicted molar refractivity (Wildman–Crippen MR) is 80.6 cm³/mol. The second-order valence-corrected chi connectivity index (χ2v) is 4.49. The lowest BCUT2D eigenvalue weighted by atomic mass is 10.0. The monoisotopic (exact) mass is 248 g/mol. The van der Waals surface area contributed by atoms with Crippen molar-refractivity contribution in [3.05, 3.63) is 66.7 Å². The third-order valence-electron chi connectivity index (χ3n) is 3.23. The summed E-state index contributed by atoms with van der Waals surface area (Å²) in [6.45, 7) is 2.70. The van der Waals surface area contributed by atoms with E-state index in [9.17, 15) is 0 Å². The van der Waals surface area contributed by atoms with Crippen LogP contribution in [0.4, 0.5) is 0 Å². The van der Waals surface area contributed by atoms with Crippen molar-refractivity contribution >= 4 is 10.8 Å². The van der Waals surface area contributed by atoms with E-state index in [2.05, 4.69) is 54.6 Å². The molecule has 3 rings (SSSR count). The minimum atomic E-state index is 0.683.